The van der Waals surface area contributed by atoms with E-state index in [0.29, 0.717) is 41.6 Å². The highest BCUT2D eigenvalue weighted by atomic mass is 35.5. The monoisotopic (exact) mass is 687 g/mol. The Morgan fingerprint density at radius 3 is 2.45 bits per heavy atom. The van der Waals surface area contributed by atoms with Crippen molar-refractivity contribution in [1.29, 1.82) is 0 Å². The highest BCUT2D eigenvalue weighted by Crippen LogP contribution is 2.44. The number of halogens is 1. The number of pyridine rings is 1. The van der Waals surface area contributed by atoms with Crippen LogP contribution in [0.1, 0.15) is 61.3 Å². The fraction of sp³-hybridized carbons (Fsp3) is 0.500. The first kappa shape index (κ1) is 33.6. The predicted octanol–water partition coefficient (Wildman–Crippen LogP) is 5.71. The first-order valence-electron chi connectivity index (χ1n) is 17.4. The van der Waals surface area contributed by atoms with Gasteiger partial charge in [-0.05, 0) is 97.5 Å². The van der Waals surface area contributed by atoms with Crippen LogP contribution in [0.25, 0.3) is 0 Å². The molecule has 4 heterocycles. The van der Waals surface area contributed by atoms with Gasteiger partial charge in [0.25, 0.3) is 0 Å². The molecule has 1 aliphatic carbocycles. The van der Waals surface area contributed by atoms with Crippen LogP contribution in [0.2, 0.25) is 5.02 Å². The minimum Gasteiger partial charge on any atom is -0.493 e. The van der Waals surface area contributed by atoms with E-state index in [9.17, 15) is 9.59 Å². The second-order valence-electron chi connectivity index (χ2n) is 14.0. The quantitative estimate of drug-likeness (QED) is 0.268. The van der Waals surface area contributed by atoms with Crippen LogP contribution in [0.3, 0.4) is 0 Å². The molecule has 10 nitrogen and oxygen atoms in total. The van der Waals surface area contributed by atoms with E-state index in [2.05, 4.69) is 16.8 Å². The highest BCUT2D eigenvalue weighted by Gasteiger charge is 2.37. The molecule has 2 saturated heterocycles. The number of carbonyl (C=O) groups excluding carboxylic acids is 2. The maximum absolute atomic E-state index is 14.0. The topological polar surface area (TPSA) is 87.7 Å². The fourth-order valence-electron chi connectivity index (χ4n) is 7.91. The minimum atomic E-state index is -0.407. The van der Waals surface area contributed by atoms with Crippen molar-refractivity contribution in [2.45, 2.75) is 63.1 Å². The number of likely N-dealkylation sites (N-methyl/N-ethyl adjacent to an activating group) is 1. The molecule has 0 bridgehead atoms. The van der Waals surface area contributed by atoms with Gasteiger partial charge in [-0.1, -0.05) is 23.7 Å². The number of amides is 2. The van der Waals surface area contributed by atoms with Crippen molar-refractivity contribution >= 4 is 34.9 Å². The molecule has 0 radical (unpaired) electrons. The van der Waals surface area contributed by atoms with Crippen LogP contribution in [-0.2, 0) is 20.7 Å². The highest BCUT2D eigenvalue weighted by molar-refractivity contribution is 6.30. The molecule has 2 atom stereocenters. The summed E-state index contributed by atoms with van der Waals surface area (Å²) in [7, 11) is 5.60. The maximum Gasteiger partial charge on any atom is 0.237 e. The van der Waals surface area contributed by atoms with Gasteiger partial charge in [0.1, 0.15) is 12.4 Å². The Morgan fingerprint density at radius 1 is 1.00 bits per heavy atom. The van der Waals surface area contributed by atoms with Crippen LogP contribution >= 0.6 is 11.6 Å². The molecule has 4 aliphatic rings. The van der Waals surface area contributed by atoms with Gasteiger partial charge in [-0.3, -0.25) is 19.4 Å². The molecule has 2 amide bonds. The summed E-state index contributed by atoms with van der Waals surface area (Å²) in [4.78, 5) is 39.1. The first-order valence-corrected chi connectivity index (χ1v) is 17.8. The van der Waals surface area contributed by atoms with E-state index in [1.54, 1.807) is 7.11 Å². The van der Waals surface area contributed by atoms with E-state index < -0.39 is 6.04 Å². The van der Waals surface area contributed by atoms with Crippen molar-refractivity contribution in [1.82, 2.24) is 14.8 Å². The summed E-state index contributed by atoms with van der Waals surface area (Å²) in [6.07, 6.45) is 8.62. The van der Waals surface area contributed by atoms with Crippen molar-refractivity contribution in [2.75, 3.05) is 64.0 Å². The molecule has 3 aromatic rings. The van der Waals surface area contributed by atoms with Gasteiger partial charge >= 0.3 is 0 Å². The summed E-state index contributed by atoms with van der Waals surface area (Å²) in [5, 5.41) is 0.634. The number of benzene rings is 2. The van der Waals surface area contributed by atoms with Gasteiger partial charge in [0.15, 0.2) is 11.5 Å². The molecule has 1 saturated carbocycles. The van der Waals surface area contributed by atoms with Crippen LogP contribution in [0, 0.1) is 5.92 Å². The molecule has 49 heavy (non-hydrogen) atoms. The Morgan fingerprint density at radius 2 is 1.80 bits per heavy atom. The predicted molar refractivity (Wildman–Crippen MR) is 190 cm³/mol. The second kappa shape index (κ2) is 14.5. The maximum atomic E-state index is 14.0. The van der Waals surface area contributed by atoms with Gasteiger partial charge in [0.2, 0.25) is 11.8 Å². The number of carbonyl (C=O) groups is 2. The van der Waals surface area contributed by atoms with Crippen LogP contribution in [0.5, 0.6) is 11.5 Å². The van der Waals surface area contributed by atoms with Crippen molar-refractivity contribution in [3.63, 3.8) is 0 Å². The zero-order valence-corrected chi connectivity index (χ0v) is 29.4. The molecular weight excluding hydrogens is 642 g/mol. The third-order valence-corrected chi connectivity index (χ3v) is 10.9. The Labute approximate surface area is 293 Å². The standard InChI is InChI=1S/C38H46ClN5O5/c1-41(21-25-6-12-29(13-7-25)43-22-37(46)42(2)24-43)35-15-14-30(20-40-35)44-36(45)18-27-17-33(47-3)34(49-23-31-5-4-16-48-31)19-32(27)38(44)26-8-10-28(39)11-9-26/h8-11,14-15,17,19-20,25,29,31,38H,4-7,12-13,16,18,21-24H2,1-3H3/t25?,29?,31?,38-/m0/s1. The van der Waals surface area contributed by atoms with E-state index in [1.807, 2.05) is 71.6 Å². The summed E-state index contributed by atoms with van der Waals surface area (Å²) < 4.78 is 17.8. The molecule has 1 unspecified atom stereocenters. The van der Waals surface area contributed by atoms with E-state index in [4.69, 9.17) is 30.8 Å². The molecule has 2 aromatic carbocycles. The average Bonchev–Trinajstić information content (AvgIpc) is 3.76. The number of fused-ring (bicyclic) bond motifs is 1. The largest absolute Gasteiger partial charge is 0.493 e. The number of rotatable bonds is 10. The first-order chi connectivity index (χ1) is 23.8. The summed E-state index contributed by atoms with van der Waals surface area (Å²) in [6.45, 7) is 3.41. The van der Waals surface area contributed by atoms with E-state index in [0.717, 1.165) is 86.5 Å². The van der Waals surface area contributed by atoms with E-state index in [-0.39, 0.29) is 24.3 Å². The lowest BCUT2D eigenvalue weighted by Crippen LogP contribution is -2.41. The molecule has 11 heteroatoms. The molecule has 3 fully saturated rings. The van der Waals surface area contributed by atoms with Crippen molar-refractivity contribution in [3.8, 4) is 11.5 Å². The van der Waals surface area contributed by atoms with Crippen molar-refractivity contribution < 1.29 is 23.8 Å². The van der Waals surface area contributed by atoms with Crippen LogP contribution in [0.15, 0.2) is 54.7 Å². The Balaban J connectivity index is 1.09. The van der Waals surface area contributed by atoms with Gasteiger partial charge in [0, 0.05) is 38.3 Å². The fourth-order valence-corrected chi connectivity index (χ4v) is 8.04. The third kappa shape index (κ3) is 7.23. The Bertz CT molecular complexity index is 1640. The molecule has 0 N–H and O–H groups in total. The van der Waals surface area contributed by atoms with Crippen molar-refractivity contribution in [3.05, 3.63) is 76.4 Å². The van der Waals surface area contributed by atoms with E-state index >= 15 is 0 Å². The van der Waals surface area contributed by atoms with Gasteiger partial charge in [-0.2, -0.15) is 0 Å². The molecule has 7 rings (SSSR count). The normalized spacial score (nSPS) is 24.3. The summed E-state index contributed by atoms with van der Waals surface area (Å²) in [6, 6.07) is 15.7. The van der Waals surface area contributed by atoms with Crippen LogP contribution in [-0.4, -0.2) is 92.9 Å². The Kier molecular flexibility index (Phi) is 9.99. The summed E-state index contributed by atoms with van der Waals surface area (Å²) in [5.41, 5.74) is 3.56. The number of hydrogen-bond acceptors (Lipinski definition) is 8. The molecule has 1 aromatic heterocycles. The number of anilines is 2. The lowest BCUT2D eigenvalue weighted by molar-refractivity contribution is -0.125. The number of hydrogen-bond donors (Lipinski definition) is 0. The lowest BCUT2D eigenvalue weighted by atomic mass is 9.85. The van der Waals surface area contributed by atoms with Gasteiger partial charge in [0.05, 0.1) is 50.8 Å². The Hall–Kier alpha value is -3.86. The minimum absolute atomic E-state index is 0.0203. The SMILES string of the molecule is COc1cc2c(cc1OCC1CCCO1)[C@H](c1ccc(Cl)cc1)N(c1ccc(N(C)CC3CCC(N4CC(=O)N(C)C4)CC3)nc1)C(=O)C2. The van der Waals surface area contributed by atoms with Gasteiger partial charge in [-0.25, -0.2) is 4.98 Å². The van der Waals surface area contributed by atoms with E-state index in [1.165, 1.54) is 0 Å². The zero-order valence-electron chi connectivity index (χ0n) is 28.6. The molecule has 0 spiro atoms. The number of aromatic nitrogens is 1. The van der Waals surface area contributed by atoms with Gasteiger partial charge < -0.3 is 24.0 Å². The third-order valence-electron chi connectivity index (χ3n) is 10.6. The lowest BCUT2D eigenvalue weighted by Gasteiger charge is -2.38. The number of nitrogens with zero attached hydrogens (tertiary/aromatic N) is 5. The summed E-state index contributed by atoms with van der Waals surface area (Å²) in [5.74, 6) is 2.88. The van der Waals surface area contributed by atoms with Gasteiger partial charge in [-0.15, -0.1) is 0 Å². The van der Waals surface area contributed by atoms with Crippen molar-refractivity contribution in [2.24, 2.45) is 5.92 Å². The summed E-state index contributed by atoms with van der Waals surface area (Å²) >= 11 is 6.31. The average molecular weight is 688 g/mol. The zero-order chi connectivity index (χ0) is 34.1. The molecular formula is C38H46ClN5O5. The number of methoxy groups -OCH3 is 1. The molecule has 3 aliphatic heterocycles. The smallest absolute Gasteiger partial charge is 0.237 e. The number of ether oxygens (including phenoxy) is 3. The molecule has 260 valence electrons. The van der Waals surface area contributed by atoms with Crippen LogP contribution in [0.4, 0.5) is 11.5 Å². The second-order valence-corrected chi connectivity index (χ2v) is 14.4. The van der Waals surface area contributed by atoms with Crippen LogP contribution < -0.4 is 19.3 Å².